The molecule has 0 aliphatic carbocycles. The van der Waals surface area contributed by atoms with Gasteiger partial charge in [0.2, 0.25) is 5.95 Å². The fourth-order valence-corrected chi connectivity index (χ4v) is 7.19. The van der Waals surface area contributed by atoms with Gasteiger partial charge in [0.25, 0.3) is 5.56 Å². The van der Waals surface area contributed by atoms with E-state index in [9.17, 15) is 19.4 Å². The van der Waals surface area contributed by atoms with E-state index in [1.165, 1.54) is 23.2 Å². The minimum Gasteiger partial charge on any atom is -0.397 e. The Morgan fingerprint density at radius 1 is 1.27 bits per heavy atom. The molecule has 6 heterocycles. The molecule has 0 saturated carbocycles. The molecule has 0 radical (unpaired) electrons. The number of imidazole rings is 1. The second-order valence-corrected chi connectivity index (χ2v) is 14.1. The number of rotatable bonds is 10. The van der Waals surface area contributed by atoms with Gasteiger partial charge in [0.15, 0.2) is 47.1 Å². The Hall–Kier alpha value is -2.75. The number of aromatic amines is 1. The lowest BCUT2D eigenvalue weighted by Crippen LogP contribution is -2.33. The first kappa shape index (κ1) is 31.2. The second kappa shape index (κ2) is 12.2. The molecule has 44 heavy (non-hydrogen) atoms. The number of halogens is 1. The van der Waals surface area contributed by atoms with Gasteiger partial charge >= 0.3 is 13.9 Å². The highest BCUT2D eigenvalue weighted by molar-refractivity contribution is 8.39. The number of pyridine rings is 1. The molecule has 9 atom stereocenters. The predicted molar refractivity (Wildman–Crippen MR) is 156 cm³/mol. The van der Waals surface area contributed by atoms with Crippen molar-refractivity contribution in [2.24, 2.45) is 0 Å². The third kappa shape index (κ3) is 5.95. The first-order valence-corrected chi connectivity index (χ1v) is 17.6. The molecule has 7 N–H and O–H groups in total. The Balaban J connectivity index is 1.20. The van der Waals surface area contributed by atoms with Gasteiger partial charge in [-0.1, -0.05) is 5.21 Å². The minimum absolute atomic E-state index is 0.0333. The van der Waals surface area contributed by atoms with Gasteiger partial charge in [-0.3, -0.25) is 14.3 Å². The molecule has 19 nitrogen and oxygen atoms in total. The number of nitrogens with two attached hydrogens (primary N) is 2. The van der Waals surface area contributed by atoms with Gasteiger partial charge in [-0.05, 0) is 22.4 Å². The number of fused-ring (bicyclic) bond motifs is 2. The molecular weight excluding hydrogens is 669 g/mol. The third-order valence-electron chi connectivity index (χ3n) is 6.86. The van der Waals surface area contributed by atoms with E-state index in [4.69, 9.17) is 46.3 Å². The summed E-state index contributed by atoms with van der Waals surface area (Å²) in [6.07, 6.45) is -6.32. The van der Waals surface area contributed by atoms with E-state index in [-0.39, 0.29) is 40.4 Å². The zero-order chi connectivity index (χ0) is 31.3. The van der Waals surface area contributed by atoms with Crippen LogP contribution in [0.2, 0.25) is 0 Å². The van der Waals surface area contributed by atoms with Gasteiger partial charge in [0.1, 0.15) is 24.5 Å². The largest absolute Gasteiger partial charge is 0.582 e. The van der Waals surface area contributed by atoms with Crippen molar-refractivity contribution >= 4 is 72.0 Å². The van der Waals surface area contributed by atoms with Gasteiger partial charge in [0, 0.05) is 12.6 Å². The van der Waals surface area contributed by atoms with Crippen LogP contribution in [0.4, 0.5) is 16.0 Å². The van der Waals surface area contributed by atoms with E-state index in [1.807, 2.05) is 0 Å². The lowest BCUT2D eigenvalue weighted by Gasteiger charge is -2.25. The second-order valence-electron chi connectivity index (χ2n) is 9.67. The molecule has 4 aromatic rings. The molecule has 2 aliphatic rings. The topological polar surface area (TPSA) is 263 Å². The first-order valence-electron chi connectivity index (χ1n) is 12.7. The molecule has 236 valence electrons. The van der Waals surface area contributed by atoms with Crippen LogP contribution in [0, 0.1) is 0 Å². The summed E-state index contributed by atoms with van der Waals surface area (Å²) >= 11 is 8.95. The fraction of sp³-hybridized carbons (Fsp3) is 0.500. The van der Waals surface area contributed by atoms with Gasteiger partial charge in [0.05, 0.1) is 31.3 Å². The number of nitrogens with one attached hydrogen (secondary N) is 1. The van der Waals surface area contributed by atoms with E-state index >= 15 is 4.39 Å². The number of anilines is 2. The predicted octanol–water partition coefficient (Wildman–Crippen LogP) is 0.230. The van der Waals surface area contributed by atoms with Gasteiger partial charge in [-0.15, -0.1) is 9.62 Å². The van der Waals surface area contributed by atoms with Crippen LogP contribution >= 0.6 is 26.2 Å². The average Bonchev–Trinajstić information content (AvgIpc) is 3.73. The summed E-state index contributed by atoms with van der Waals surface area (Å²) < 4.78 is 58.0. The maximum absolute atomic E-state index is 15.7. The van der Waals surface area contributed by atoms with Crippen LogP contribution in [0.15, 0.2) is 23.4 Å². The molecule has 0 spiro atoms. The van der Waals surface area contributed by atoms with Crippen molar-refractivity contribution in [3.8, 4) is 0 Å². The number of hydrogen-bond donors (Lipinski definition) is 6. The highest BCUT2D eigenvalue weighted by Gasteiger charge is 2.52. The zero-order valence-electron chi connectivity index (χ0n) is 22.1. The maximum Gasteiger partial charge on any atom is 0.582 e. The Kier molecular flexibility index (Phi) is 8.67. The molecule has 2 unspecified atom stereocenters. The quantitative estimate of drug-likeness (QED) is 0.0959. The minimum atomic E-state index is -4.14. The summed E-state index contributed by atoms with van der Waals surface area (Å²) in [4.78, 5) is 37.8. The van der Waals surface area contributed by atoms with Crippen LogP contribution in [0.5, 0.6) is 0 Å². The monoisotopic (exact) mass is 693 g/mol. The zero-order valence-corrected chi connectivity index (χ0v) is 25.6. The van der Waals surface area contributed by atoms with Gasteiger partial charge in [-0.25, -0.2) is 14.4 Å². The summed E-state index contributed by atoms with van der Waals surface area (Å²) in [5.74, 6) is -0.173. The number of nitrogens with zero attached hydrogens (tertiary/aromatic N) is 7. The van der Waals surface area contributed by atoms with E-state index in [0.29, 0.717) is 0 Å². The number of alkyl halides is 1. The first-order chi connectivity index (χ1) is 21.0. The fourth-order valence-electron chi connectivity index (χ4n) is 4.96. The summed E-state index contributed by atoms with van der Waals surface area (Å²) in [7, 11) is -2.60. The van der Waals surface area contributed by atoms with Crippen LogP contribution in [0.25, 0.3) is 22.3 Å². The molecule has 0 bridgehead atoms. The van der Waals surface area contributed by atoms with Crippen molar-refractivity contribution in [1.29, 1.82) is 0 Å². The van der Waals surface area contributed by atoms with Crippen molar-refractivity contribution in [3.63, 3.8) is 0 Å². The van der Waals surface area contributed by atoms with Crippen LogP contribution in [-0.2, 0) is 39.4 Å². The van der Waals surface area contributed by atoms with Crippen LogP contribution in [0.1, 0.15) is 18.9 Å². The lowest BCUT2D eigenvalue weighted by molar-refractivity contribution is -0.0560. The molecule has 2 fully saturated rings. The molecule has 4 aromatic heterocycles. The van der Waals surface area contributed by atoms with Crippen molar-refractivity contribution in [2.45, 2.75) is 49.5 Å². The molecule has 2 saturated heterocycles. The SMILES string of the molecule is Nc1nc2c(ncn2[C@@H]2O[C@H](CO)C[C@H]2OP(O)(=S)OC[C@H]2O[C@@H](n3nnc4c(N)ccnc43)[C@@H](F)[C@@H]2O[P+](=O)S)c(=O)[nH]1. The summed E-state index contributed by atoms with van der Waals surface area (Å²) in [6.45, 7) is -5.12. The Morgan fingerprint density at radius 2 is 2.07 bits per heavy atom. The summed E-state index contributed by atoms with van der Waals surface area (Å²) in [5, 5.41) is 17.5. The number of aliphatic hydroxyl groups is 1. The molecule has 0 amide bonds. The Bertz CT molecular complexity index is 1830. The number of aliphatic hydroxyl groups excluding tert-OH is 1. The van der Waals surface area contributed by atoms with E-state index in [2.05, 4.69) is 42.5 Å². The van der Waals surface area contributed by atoms with Gasteiger partial charge in [-0.2, -0.15) is 9.67 Å². The van der Waals surface area contributed by atoms with Crippen LogP contribution in [0.3, 0.4) is 0 Å². The smallest absolute Gasteiger partial charge is 0.397 e. The Labute approximate surface area is 256 Å². The highest BCUT2D eigenvalue weighted by atomic mass is 32.7. The van der Waals surface area contributed by atoms with Crippen molar-refractivity contribution in [3.05, 3.63) is 28.9 Å². The number of nitrogen functional groups attached to an aromatic ring is 2. The maximum atomic E-state index is 15.7. The summed E-state index contributed by atoms with van der Waals surface area (Å²) in [6, 6.07) is 1.50. The molecule has 24 heteroatoms. The third-order valence-corrected chi connectivity index (χ3v) is 9.15. The highest BCUT2D eigenvalue weighted by Crippen LogP contribution is 2.51. The molecule has 2 aliphatic heterocycles. The van der Waals surface area contributed by atoms with Crippen molar-refractivity contribution < 1.29 is 42.0 Å². The molecule has 0 aromatic carbocycles. The van der Waals surface area contributed by atoms with E-state index in [1.54, 1.807) is 0 Å². The molecule has 6 rings (SSSR count). The van der Waals surface area contributed by atoms with Crippen LogP contribution in [-0.4, -0.2) is 93.3 Å². The average molecular weight is 694 g/mol. The van der Waals surface area contributed by atoms with Gasteiger partial charge < -0.3 is 40.0 Å². The summed E-state index contributed by atoms with van der Waals surface area (Å²) in [5.41, 5.74) is 11.6. The number of thiol groups is 1. The van der Waals surface area contributed by atoms with E-state index in [0.717, 1.165) is 4.68 Å². The van der Waals surface area contributed by atoms with Crippen LogP contribution < -0.4 is 17.0 Å². The number of hydrogen-bond acceptors (Lipinski definition) is 16. The van der Waals surface area contributed by atoms with Crippen molar-refractivity contribution in [2.75, 3.05) is 24.7 Å². The van der Waals surface area contributed by atoms with E-state index < -0.39 is 75.8 Å². The standard InChI is InChI=1S/C20H23FN10O9P2S2/c21-11-14(39-41(34)43)10(38-19(11)31-15-12(28-29-31)8(22)1-2-24-15)5-36-42(35,44)40-9-3-7(4-32)37-18(9)30-6-25-13-16(30)26-20(23)27-17(13)33/h1-2,6-7,9-11,14,18-19,32H,3-5H2,(H6-,22,23,24,26,27,29,33,34,35,43,44)/p+1/t7-,9+,10+,11-,14+,18+,19+,42?/m0/s1. The Morgan fingerprint density at radius 3 is 2.82 bits per heavy atom. The number of aromatic nitrogens is 8. The van der Waals surface area contributed by atoms with Crippen molar-refractivity contribution in [1.82, 2.24) is 39.5 Å². The lowest BCUT2D eigenvalue weighted by atomic mass is 10.1. The number of H-pyrrole nitrogens is 1. The normalized spacial score (nSPS) is 29.0. The molecular formula is C20H24FN10O9P2S2+. The number of ether oxygens (including phenoxy) is 2.